The minimum atomic E-state index is -0.0852. The van der Waals surface area contributed by atoms with Crippen molar-refractivity contribution in [1.82, 2.24) is 4.57 Å². The fourth-order valence-corrected chi connectivity index (χ4v) is 10.8. The van der Waals surface area contributed by atoms with E-state index in [4.69, 9.17) is 0 Å². The van der Waals surface area contributed by atoms with Crippen LogP contribution in [0.25, 0.3) is 82.1 Å². The summed E-state index contributed by atoms with van der Waals surface area (Å²) in [4.78, 5) is 2.61. The van der Waals surface area contributed by atoms with Gasteiger partial charge in [-0.2, -0.15) is 0 Å². The number of aromatic nitrogens is 1. The van der Waals surface area contributed by atoms with Gasteiger partial charge < -0.3 is 9.47 Å². The second-order valence-corrected chi connectivity index (χ2v) is 24.0. The molecule has 0 saturated carbocycles. The van der Waals surface area contributed by atoms with Gasteiger partial charge in [0.05, 0.1) is 28.1 Å². The molecule has 0 unspecified atom stereocenters. The van der Waals surface area contributed by atoms with Crippen LogP contribution in [0.4, 0.5) is 17.1 Å². The number of hydrogen-bond donors (Lipinski definition) is 0. The fraction of sp³-hybridized carbons (Fsp3) is 0.235. The molecule has 0 aliphatic rings. The minimum absolute atomic E-state index is 0.0748. The van der Waals surface area contributed by atoms with Crippen molar-refractivity contribution >= 4 is 71.2 Å². The van der Waals surface area contributed by atoms with Crippen LogP contribution in [0.3, 0.4) is 0 Å². The third-order valence-corrected chi connectivity index (χ3v) is 14.9. The second kappa shape index (κ2) is 16.2. The van der Waals surface area contributed by atoms with E-state index in [-0.39, 0.29) is 21.7 Å². The van der Waals surface area contributed by atoms with Crippen LogP contribution < -0.4 is 4.90 Å². The molecule has 0 saturated heterocycles. The Kier molecular flexibility index (Phi) is 10.5. The first-order valence-corrected chi connectivity index (χ1v) is 25.3. The zero-order valence-corrected chi connectivity index (χ0v) is 43.2. The average molecular weight is 911 g/mol. The van der Waals surface area contributed by atoms with Gasteiger partial charge in [0.15, 0.2) is 0 Å². The van der Waals surface area contributed by atoms with Crippen molar-refractivity contribution in [2.45, 2.75) is 105 Å². The standard InChI is InChI=1S/C68H66N2/c1-65(2,3)48-30-35-62(57(42-48)47-36-46(43-20-14-13-15-21-43)37-49(38-47)66(4,5)6)69(52-40-50(67(7,8)9)39-51(41-52)68(10,11)12)60-33-28-44-27-32-56-61(34-29-45-26-31-55(60)63(44)64(45)56)70-58-24-18-16-22-53(58)54-23-17-19-25-59(54)70/h13-42H,1-12H3. The number of hydrogen-bond acceptors (Lipinski definition) is 1. The Balaban J connectivity index is 1.25. The van der Waals surface area contributed by atoms with Crippen LogP contribution in [0.1, 0.15) is 105 Å². The van der Waals surface area contributed by atoms with Crippen LogP contribution in [0.5, 0.6) is 0 Å². The van der Waals surface area contributed by atoms with Gasteiger partial charge in [0.25, 0.3) is 0 Å². The van der Waals surface area contributed by atoms with E-state index in [2.05, 4.69) is 275 Å². The van der Waals surface area contributed by atoms with Crippen LogP contribution >= 0.6 is 0 Å². The Labute approximate surface area is 415 Å². The first kappa shape index (κ1) is 45.3. The molecule has 2 heteroatoms. The Morgan fingerprint density at radius 1 is 0.329 bits per heavy atom. The molecular weight excluding hydrogens is 845 g/mol. The summed E-state index contributed by atoms with van der Waals surface area (Å²) in [6.07, 6.45) is 0. The molecule has 10 aromatic carbocycles. The van der Waals surface area contributed by atoms with Crippen molar-refractivity contribution in [3.8, 4) is 27.9 Å². The van der Waals surface area contributed by atoms with Gasteiger partial charge in [-0.15, -0.1) is 0 Å². The van der Waals surface area contributed by atoms with E-state index in [0.717, 1.165) is 11.4 Å². The predicted octanol–water partition coefficient (Wildman–Crippen LogP) is 19.7. The Morgan fingerprint density at radius 3 is 1.41 bits per heavy atom. The molecule has 0 aliphatic carbocycles. The van der Waals surface area contributed by atoms with Gasteiger partial charge in [-0.05, 0) is 137 Å². The summed E-state index contributed by atoms with van der Waals surface area (Å²) in [6.45, 7) is 28.1. The van der Waals surface area contributed by atoms with Gasteiger partial charge in [-0.25, -0.2) is 0 Å². The summed E-state index contributed by atoms with van der Waals surface area (Å²) >= 11 is 0. The summed E-state index contributed by atoms with van der Waals surface area (Å²) in [5.74, 6) is 0. The zero-order chi connectivity index (χ0) is 49.1. The van der Waals surface area contributed by atoms with Crippen molar-refractivity contribution in [2.24, 2.45) is 0 Å². The number of benzene rings is 10. The van der Waals surface area contributed by atoms with E-state index in [1.54, 1.807) is 0 Å². The molecule has 0 radical (unpaired) electrons. The van der Waals surface area contributed by atoms with Gasteiger partial charge in [0, 0.05) is 32.8 Å². The lowest BCUT2D eigenvalue weighted by atomic mass is 9.80. The van der Waals surface area contributed by atoms with E-state index in [1.807, 2.05) is 0 Å². The highest BCUT2D eigenvalue weighted by atomic mass is 15.1. The van der Waals surface area contributed by atoms with Crippen molar-refractivity contribution in [1.29, 1.82) is 0 Å². The maximum Gasteiger partial charge on any atom is 0.0541 e. The van der Waals surface area contributed by atoms with E-state index in [1.165, 1.54) is 110 Å². The number of para-hydroxylation sites is 2. The number of fused-ring (bicyclic) bond motifs is 3. The molecular formula is C68H66N2. The minimum Gasteiger partial charge on any atom is -0.309 e. The van der Waals surface area contributed by atoms with Crippen molar-refractivity contribution in [2.75, 3.05) is 4.90 Å². The van der Waals surface area contributed by atoms with Crippen LogP contribution in [0.2, 0.25) is 0 Å². The maximum atomic E-state index is 2.61. The van der Waals surface area contributed by atoms with E-state index in [9.17, 15) is 0 Å². The molecule has 0 fully saturated rings. The topological polar surface area (TPSA) is 8.17 Å². The Bertz CT molecular complexity index is 3710. The molecule has 2 nitrogen and oxygen atoms in total. The molecule has 0 spiro atoms. The molecule has 70 heavy (non-hydrogen) atoms. The maximum absolute atomic E-state index is 2.61. The lowest BCUT2D eigenvalue weighted by Gasteiger charge is -2.34. The van der Waals surface area contributed by atoms with E-state index < -0.39 is 0 Å². The molecule has 0 amide bonds. The third-order valence-electron chi connectivity index (χ3n) is 14.9. The highest BCUT2D eigenvalue weighted by Crippen LogP contribution is 2.50. The van der Waals surface area contributed by atoms with Gasteiger partial charge in [0.1, 0.15) is 0 Å². The Hall–Kier alpha value is -7.16. The highest BCUT2D eigenvalue weighted by molar-refractivity contribution is 6.27. The monoisotopic (exact) mass is 911 g/mol. The van der Waals surface area contributed by atoms with Gasteiger partial charge >= 0.3 is 0 Å². The van der Waals surface area contributed by atoms with E-state index in [0.29, 0.717) is 0 Å². The summed E-state index contributed by atoms with van der Waals surface area (Å²) in [5.41, 5.74) is 16.9. The number of rotatable bonds is 6. The summed E-state index contributed by atoms with van der Waals surface area (Å²) in [7, 11) is 0. The highest BCUT2D eigenvalue weighted by Gasteiger charge is 2.29. The van der Waals surface area contributed by atoms with Crippen LogP contribution in [-0.4, -0.2) is 4.57 Å². The molecule has 0 N–H and O–H groups in total. The lowest BCUT2D eigenvalue weighted by Crippen LogP contribution is -2.20. The average Bonchev–Trinajstić information content (AvgIpc) is 3.66. The predicted molar refractivity (Wildman–Crippen MR) is 305 cm³/mol. The van der Waals surface area contributed by atoms with Gasteiger partial charge in [0.2, 0.25) is 0 Å². The van der Waals surface area contributed by atoms with Crippen molar-refractivity contribution in [3.63, 3.8) is 0 Å². The third kappa shape index (κ3) is 7.73. The molecule has 0 aliphatic heterocycles. The summed E-state index contributed by atoms with van der Waals surface area (Å²) in [6, 6.07) is 69.4. The SMILES string of the molecule is CC(C)(C)c1cc(-c2ccccc2)cc(-c2cc(C(C)(C)C)ccc2N(c2cc(C(C)(C)C)cc(C(C)(C)C)c2)c2ccc3ccc4c(-n5c6ccccc6c6ccccc65)ccc5ccc2c3c54)c1. The Morgan fingerprint density at radius 2 is 0.814 bits per heavy atom. The van der Waals surface area contributed by atoms with Gasteiger partial charge in [-0.3, -0.25) is 0 Å². The molecule has 348 valence electrons. The normalized spacial score (nSPS) is 12.9. The van der Waals surface area contributed by atoms with Crippen molar-refractivity contribution < 1.29 is 0 Å². The fourth-order valence-electron chi connectivity index (χ4n) is 10.8. The lowest BCUT2D eigenvalue weighted by molar-refractivity contribution is 0.568. The molecule has 1 aromatic heterocycles. The zero-order valence-electron chi connectivity index (χ0n) is 43.2. The van der Waals surface area contributed by atoms with Crippen LogP contribution in [0.15, 0.2) is 182 Å². The molecule has 0 bridgehead atoms. The number of anilines is 3. The molecule has 11 aromatic rings. The summed E-state index contributed by atoms with van der Waals surface area (Å²) < 4.78 is 2.48. The smallest absolute Gasteiger partial charge is 0.0541 e. The largest absolute Gasteiger partial charge is 0.309 e. The molecule has 1 heterocycles. The first-order valence-electron chi connectivity index (χ1n) is 25.3. The second-order valence-electron chi connectivity index (χ2n) is 24.0. The van der Waals surface area contributed by atoms with E-state index >= 15 is 0 Å². The number of nitrogens with zero attached hydrogens (tertiary/aromatic N) is 2. The van der Waals surface area contributed by atoms with Gasteiger partial charge in [-0.1, -0.05) is 210 Å². The quantitative estimate of drug-likeness (QED) is 0.151. The van der Waals surface area contributed by atoms with Crippen molar-refractivity contribution in [3.05, 3.63) is 204 Å². The molecule has 11 rings (SSSR count). The molecule has 0 atom stereocenters. The van der Waals surface area contributed by atoms with Crippen LogP contribution in [0, 0.1) is 0 Å². The first-order chi connectivity index (χ1) is 33.2. The van der Waals surface area contributed by atoms with Crippen LogP contribution in [-0.2, 0) is 21.7 Å². The summed E-state index contributed by atoms with van der Waals surface area (Å²) in [5, 5.41) is 10.1.